The van der Waals surface area contributed by atoms with E-state index in [4.69, 9.17) is 9.47 Å². The maximum absolute atomic E-state index is 11.9. The van der Waals surface area contributed by atoms with Gasteiger partial charge in [-0.05, 0) is 19.1 Å². The monoisotopic (exact) mass is 320 g/mol. The van der Waals surface area contributed by atoms with Crippen LogP contribution in [-0.4, -0.2) is 61.6 Å². The van der Waals surface area contributed by atoms with Crippen molar-refractivity contribution in [3.8, 4) is 0 Å². The molecule has 1 aromatic carbocycles. The number of nitrogens with zero attached hydrogens (tertiary/aromatic N) is 1. The Labute approximate surface area is 134 Å². The standard InChI is InChI=1S/C16H20N2O5/c1-12(17-15(20)13-5-3-2-4-6-13)16(21)23-11-14(19)18-7-9-22-10-8-18/h2-6,12H,7-11H2,1H3,(H,17,20)/t12-/m0/s1. The molecule has 1 aromatic rings. The average Bonchev–Trinajstić information content (AvgIpc) is 2.60. The molecule has 23 heavy (non-hydrogen) atoms. The lowest BCUT2D eigenvalue weighted by Crippen LogP contribution is -2.44. The Balaban J connectivity index is 1.76. The number of hydrogen-bond acceptors (Lipinski definition) is 5. The van der Waals surface area contributed by atoms with Gasteiger partial charge in [-0.2, -0.15) is 0 Å². The van der Waals surface area contributed by atoms with E-state index in [1.54, 1.807) is 35.2 Å². The van der Waals surface area contributed by atoms with Gasteiger partial charge in [-0.1, -0.05) is 18.2 Å². The number of esters is 1. The van der Waals surface area contributed by atoms with Crippen LogP contribution in [0.2, 0.25) is 0 Å². The number of benzene rings is 1. The number of rotatable bonds is 5. The van der Waals surface area contributed by atoms with Gasteiger partial charge in [0, 0.05) is 18.7 Å². The largest absolute Gasteiger partial charge is 0.454 e. The zero-order valence-corrected chi connectivity index (χ0v) is 13.0. The predicted molar refractivity (Wildman–Crippen MR) is 81.7 cm³/mol. The Bertz CT molecular complexity index is 555. The molecule has 0 aliphatic carbocycles. The second-order valence-electron chi connectivity index (χ2n) is 5.16. The normalized spacial score (nSPS) is 15.6. The third-order valence-corrected chi connectivity index (χ3v) is 3.44. The van der Waals surface area contributed by atoms with Crippen molar-refractivity contribution in [3.63, 3.8) is 0 Å². The molecule has 2 rings (SSSR count). The minimum Gasteiger partial charge on any atom is -0.454 e. The second kappa shape index (κ2) is 8.28. The molecule has 1 aliphatic rings. The first-order valence-corrected chi connectivity index (χ1v) is 7.46. The average molecular weight is 320 g/mol. The van der Waals surface area contributed by atoms with Crippen molar-refractivity contribution in [1.82, 2.24) is 10.2 Å². The van der Waals surface area contributed by atoms with Crippen LogP contribution in [0.3, 0.4) is 0 Å². The molecular weight excluding hydrogens is 300 g/mol. The van der Waals surface area contributed by atoms with Gasteiger partial charge in [0.25, 0.3) is 11.8 Å². The molecule has 0 unspecified atom stereocenters. The minimum absolute atomic E-state index is 0.261. The molecule has 2 amide bonds. The van der Waals surface area contributed by atoms with E-state index in [1.807, 2.05) is 0 Å². The SMILES string of the molecule is C[C@H](NC(=O)c1ccccc1)C(=O)OCC(=O)N1CCOCC1. The van der Waals surface area contributed by atoms with Gasteiger partial charge in [-0.15, -0.1) is 0 Å². The molecular formula is C16H20N2O5. The highest BCUT2D eigenvalue weighted by Crippen LogP contribution is 2.01. The van der Waals surface area contributed by atoms with E-state index in [-0.39, 0.29) is 18.4 Å². The predicted octanol–water partition coefficient (Wildman–Crippen LogP) is 0.207. The van der Waals surface area contributed by atoms with Gasteiger partial charge < -0.3 is 19.7 Å². The zero-order chi connectivity index (χ0) is 16.7. The van der Waals surface area contributed by atoms with E-state index in [2.05, 4.69) is 5.32 Å². The van der Waals surface area contributed by atoms with Crippen molar-refractivity contribution >= 4 is 17.8 Å². The Hall–Kier alpha value is -2.41. The van der Waals surface area contributed by atoms with Crippen LogP contribution >= 0.6 is 0 Å². The van der Waals surface area contributed by atoms with E-state index in [0.29, 0.717) is 31.9 Å². The minimum atomic E-state index is -0.833. The molecule has 1 saturated heterocycles. The van der Waals surface area contributed by atoms with Crippen molar-refractivity contribution in [2.75, 3.05) is 32.9 Å². The maximum Gasteiger partial charge on any atom is 0.328 e. The summed E-state index contributed by atoms with van der Waals surface area (Å²) in [6.07, 6.45) is 0. The van der Waals surface area contributed by atoms with Crippen LogP contribution in [0.15, 0.2) is 30.3 Å². The van der Waals surface area contributed by atoms with E-state index >= 15 is 0 Å². The maximum atomic E-state index is 11.9. The first kappa shape index (κ1) is 17.0. The van der Waals surface area contributed by atoms with Crippen LogP contribution in [0.1, 0.15) is 17.3 Å². The number of morpholine rings is 1. The number of carbonyl (C=O) groups is 3. The summed E-state index contributed by atoms with van der Waals surface area (Å²) in [6.45, 7) is 3.16. The number of carbonyl (C=O) groups excluding carboxylic acids is 3. The molecule has 0 bridgehead atoms. The first-order chi connectivity index (χ1) is 11.1. The molecule has 1 fully saturated rings. The molecule has 0 saturated carbocycles. The van der Waals surface area contributed by atoms with Crippen LogP contribution in [0.25, 0.3) is 0 Å². The molecule has 124 valence electrons. The Morgan fingerprint density at radius 3 is 2.52 bits per heavy atom. The molecule has 1 N–H and O–H groups in total. The molecule has 1 heterocycles. The van der Waals surface area contributed by atoms with Crippen LogP contribution in [-0.2, 0) is 19.1 Å². The quantitative estimate of drug-likeness (QED) is 0.784. The van der Waals surface area contributed by atoms with Crippen LogP contribution < -0.4 is 5.32 Å². The summed E-state index contributed by atoms with van der Waals surface area (Å²) < 4.78 is 10.1. The Morgan fingerprint density at radius 2 is 1.87 bits per heavy atom. The lowest BCUT2D eigenvalue weighted by atomic mass is 10.2. The fraction of sp³-hybridized carbons (Fsp3) is 0.438. The summed E-state index contributed by atoms with van der Waals surface area (Å²) in [5, 5.41) is 2.54. The van der Waals surface area contributed by atoms with Crippen LogP contribution in [0.5, 0.6) is 0 Å². The third-order valence-electron chi connectivity index (χ3n) is 3.44. The smallest absolute Gasteiger partial charge is 0.328 e. The summed E-state index contributed by atoms with van der Waals surface area (Å²) in [5.74, 6) is -1.27. The Kier molecular flexibility index (Phi) is 6.10. The topological polar surface area (TPSA) is 84.9 Å². The van der Waals surface area contributed by atoms with Crippen molar-refractivity contribution in [2.45, 2.75) is 13.0 Å². The van der Waals surface area contributed by atoms with E-state index in [1.165, 1.54) is 6.92 Å². The summed E-state index contributed by atoms with van der Waals surface area (Å²) >= 11 is 0. The van der Waals surface area contributed by atoms with Crippen LogP contribution in [0, 0.1) is 0 Å². The number of amides is 2. The first-order valence-electron chi connectivity index (χ1n) is 7.46. The molecule has 0 radical (unpaired) electrons. The van der Waals surface area contributed by atoms with E-state index in [9.17, 15) is 14.4 Å². The van der Waals surface area contributed by atoms with Gasteiger partial charge in [0.2, 0.25) is 0 Å². The zero-order valence-electron chi connectivity index (χ0n) is 13.0. The molecule has 1 aliphatic heterocycles. The second-order valence-corrected chi connectivity index (χ2v) is 5.16. The van der Waals surface area contributed by atoms with Gasteiger partial charge in [-0.25, -0.2) is 4.79 Å². The number of hydrogen-bond donors (Lipinski definition) is 1. The van der Waals surface area contributed by atoms with E-state index in [0.717, 1.165) is 0 Å². The summed E-state index contributed by atoms with van der Waals surface area (Å²) in [5.41, 5.74) is 0.455. The molecule has 7 heteroatoms. The van der Waals surface area contributed by atoms with Crippen molar-refractivity contribution in [2.24, 2.45) is 0 Å². The lowest BCUT2D eigenvalue weighted by molar-refractivity contribution is -0.154. The third kappa shape index (κ3) is 5.07. The summed E-state index contributed by atoms with van der Waals surface area (Å²) in [7, 11) is 0. The molecule has 7 nitrogen and oxygen atoms in total. The van der Waals surface area contributed by atoms with Crippen molar-refractivity contribution in [3.05, 3.63) is 35.9 Å². The van der Waals surface area contributed by atoms with Gasteiger partial charge in [-0.3, -0.25) is 9.59 Å². The van der Waals surface area contributed by atoms with Gasteiger partial charge in [0.05, 0.1) is 13.2 Å². The highest BCUT2D eigenvalue weighted by Gasteiger charge is 2.21. The van der Waals surface area contributed by atoms with Crippen molar-refractivity contribution in [1.29, 1.82) is 0 Å². The lowest BCUT2D eigenvalue weighted by Gasteiger charge is -2.26. The Morgan fingerprint density at radius 1 is 1.22 bits per heavy atom. The molecule has 1 atom stereocenters. The van der Waals surface area contributed by atoms with Gasteiger partial charge in [0.1, 0.15) is 6.04 Å². The van der Waals surface area contributed by atoms with Gasteiger partial charge >= 0.3 is 5.97 Å². The van der Waals surface area contributed by atoms with Crippen LogP contribution in [0.4, 0.5) is 0 Å². The van der Waals surface area contributed by atoms with E-state index < -0.39 is 12.0 Å². The van der Waals surface area contributed by atoms with Crippen molar-refractivity contribution < 1.29 is 23.9 Å². The number of ether oxygens (including phenoxy) is 2. The summed E-state index contributed by atoms with van der Waals surface area (Å²) in [6, 6.07) is 7.73. The van der Waals surface area contributed by atoms with Gasteiger partial charge in [0.15, 0.2) is 6.61 Å². The molecule has 0 spiro atoms. The number of nitrogens with one attached hydrogen (secondary N) is 1. The fourth-order valence-corrected chi connectivity index (χ4v) is 2.09. The highest BCUT2D eigenvalue weighted by molar-refractivity contribution is 5.96. The highest BCUT2D eigenvalue weighted by atomic mass is 16.5. The summed E-state index contributed by atoms with van der Waals surface area (Å²) in [4.78, 5) is 37.3. The fourth-order valence-electron chi connectivity index (χ4n) is 2.09. The molecule has 0 aromatic heterocycles.